The van der Waals surface area contributed by atoms with E-state index in [2.05, 4.69) is 0 Å². The number of rotatable bonds is 0. The second kappa shape index (κ2) is 7.74. The highest BCUT2D eigenvalue weighted by Crippen LogP contribution is 2.44. The fourth-order valence-electron chi connectivity index (χ4n) is 5.03. The van der Waals surface area contributed by atoms with Crippen LogP contribution in [0, 0.1) is 0 Å². The molecule has 3 aliphatic heterocycles. The van der Waals surface area contributed by atoms with Gasteiger partial charge in [0, 0.05) is 24.4 Å². The molecule has 10 heteroatoms. The van der Waals surface area contributed by atoms with Crippen LogP contribution in [-0.2, 0) is 15.6 Å². The van der Waals surface area contributed by atoms with E-state index in [9.17, 15) is 23.1 Å². The second-order valence-electron chi connectivity index (χ2n) is 8.64. The van der Waals surface area contributed by atoms with Crippen LogP contribution in [0.25, 0.3) is 0 Å². The lowest BCUT2D eigenvalue weighted by Crippen LogP contribution is -2.55. The van der Waals surface area contributed by atoms with Crippen LogP contribution < -0.4 is 15.2 Å². The highest BCUT2D eigenvalue weighted by molar-refractivity contribution is 7.90. The molecule has 178 valence electrons. The topological polar surface area (TPSA) is 109 Å². The molecule has 0 spiro atoms. The fraction of sp³-hybridized carbons (Fsp3) is 0.200. The Kier molecular flexibility index (Phi) is 4.75. The average molecular weight is 492 g/mol. The zero-order valence-electron chi connectivity index (χ0n) is 18.5. The monoisotopic (exact) mass is 491 g/mol. The standard InChI is InChI=1S/C25H21N3O6S/c29-18-10-12-27-23(24(18)30)25(31)26-11-3-4-13-34-19-8-5-6-16-14-35(32,33)20-9-2-1-7-17(20)22(21(16)19)28(27)15-26/h1-10,12,22,30H,11,13-15H2/b4-3+/t22-/m1/s1. The molecule has 4 heterocycles. The quantitative estimate of drug-likeness (QED) is 0.479. The molecule has 1 atom stereocenters. The predicted molar refractivity (Wildman–Crippen MR) is 127 cm³/mol. The summed E-state index contributed by atoms with van der Waals surface area (Å²) in [6.45, 7) is 0.540. The number of aromatic nitrogens is 1. The Labute approximate surface area is 201 Å². The summed E-state index contributed by atoms with van der Waals surface area (Å²) < 4.78 is 34.5. The van der Waals surface area contributed by atoms with E-state index in [0.717, 1.165) is 0 Å². The van der Waals surface area contributed by atoms with Crippen molar-refractivity contribution in [3.8, 4) is 11.5 Å². The SMILES string of the molecule is O=C1c2c(O)c(=O)ccn2N2CN1C/C=C/COc1cccc3c1[C@H]2c1ccccc1S(=O)(=O)C3. The Morgan fingerprint density at radius 3 is 2.69 bits per heavy atom. The van der Waals surface area contributed by atoms with E-state index in [-0.39, 0.29) is 36.2 Å². The maximum Gasteiger partial charge on any atom is 0.278 e. The van der Waals surface area contributed by atoms with E-state index in [1.165, 1.54) is 21.8 Å². The van der Waals surface area contributed by atoms with Crippen LogP contribution in [0.1, 0.15) is 33.2 Å². The van der Waals surface area contributed by atoms with Gasteiger partial charge in [-0.2, -0.15) is 0 Å². The number of ether oxygens (including phenoxy) is 1. The summed E-state index contributed by atoms with van der Waals surface area (Å²) in [5.41, 5.74) is 0.936. The lowest BCUT2D eigenvalue weighted by Gasteiger charge is -2.44. The summed E-state index contributed by atoms with van der Waals surface area (Å²) in [5.74, 6) is -0.822. The molecule has 3 aliphatic rings. The van der Waals surface area contributed by atoms with Crippen molar-refractivity contribution >= 4 is 15.7 Å². The number of hydrogen-bond acceptors (Lipinski definition) is 7. The van der Waals surface area contributed by atoms with E-state index in [1.54, 1.807) is 59.6 Å². The minimum atomic E-state index is -3.69. The molecule has 35 heavy (non-hydrogen) atoms. The van der Waals surface area contributed by atoms with Crippen LogP contribution in [0.15, 0.2) is 76.6 Å². The molecule has 0 saturated heterocycles. The van der Waals surface area contributed by atoms with Crippen molar-refractivity contribution in [2.24, 2.45) is 0 Å². The molecule has 1 amide bonds. The van der Waals surface area contributed by atoms with E-state index in [4.69, 9.17) is 4.74 Å². The number of carbonyl (C=O) groups excluding carboxylic acids is 1. The van der Waals surface area contributed by atoms with Crippen molar-refractivity contribution in [1.29, 1.82) is 0 Å². The number of carbonyl (C=O) groups is 1. The van der Waals surface area contributed by atoms with Crippen LogP contribution >= 0.6 is 0 Å². The number of pyridine rings is 1. The van der Waals surface area contributed by atoms with E-state index < -0.39 is 33.0 Å². The summed E-state index contributed by atoms with van der Waals surface area (Å²) in [6.07, 6.45) is 5.01. The van der Waals surface area contributed by atoms with Gasteiger partial charge in [-0.3, -0.25) is 19.3 Å². The average Bonchev–Trinajstić information content (AvgIpc) is 2.95. The zero-order chi connectivity index (χ0) is 24.3. The lowest BCUT2D eigenvalue weighted by molar-refractivity contribution is 0.0701. The Bertz CT molecular complexity index is 1580. The molecule has 0 fully saturated rings. The van der Waals surface area contributed by atoms with Crippen LogP contribution in [-0.4, -0.2) is 48.8 Å². The molecule has 1 N–H and O–H groups in total. The molecule has 0 saturated carbocycles. The minimum absolute atomic E-state index is 0.0886. The van der Waals surface area contributed by atoms with E-state index >= 15 is 0 Å². The van der Waals surface area contributed by atoms with Crippen molar-refractivity contribution in [2.45, 2.75) is 16.7 Å². The predicted octanol–water partition coefficient (Wildman–Crippen LogP) is 1.93. The Balaban J connectivity index is 1.73. The molecule has 1 aromatic heterocycles. The fourth-order valence-corrected chi connectivity index (χ4v) is 6.67. The molecular weight excluding hydrogens is 470 g/mol. The number of sulfone groups is 1. The van der Waals surface area contributed by atoms with Gasteiger partial charge in [-0.05, 0) is 29.3 Å². The first kappa shape index (κ1) is 21.5. The number of hydrogen-bond donors (Lipinski definition) is 1. The van der Waals surface area contributed by atoms with Gasteiger partial charge in [-0.15, -0.1) is 0 Å². The summed E-state index contributed by atoms with van der Waals surface area (Å²) in [5, 5.41) is 12.4. The normalized spacial score (nSPS) is 20.9. The molecule has 2 aromatic carbocycles. The molecule has 2 bridgehead atoms. The summed E-state index contributed by atoms with van der Waals surface area (Å²) in [7, 11) is -3.69. The summed E-state index contributed by atoms with van der Waals surface area (Å²) >= 11 is 0. The van der Waals surface area contributed by atoms with Crippen molar-refractivity contribution < 1.29 is 23.1 Å². The molecular formula is C25H21N3O6S. The third kappa shape index (κ3) is 3.24. The highest BCUT2D eigenvalue weighted by Gasteiger charge is 2.41. The number of fused-ring (bicyclic) bond motifs is 7. The highest BCUT2D eigenvalue weighted by atomic mass is 32.2. The molecule has 9 nitrogen and oxygen atoms in total. The Hall–Kier alpha value is -4.05. The Morgan fingerprint density at radius 1 is 1.00 bits per heavy atom. The smallest absolute Gasteiger partial charge is 0.278 e. The zero-order valence-corrected chi connectivity index (χ0v) is 19.3. The molecule has 0 radical (unpaired) electrons. The van der Waals surface area contributed by atoms with Gasteiger partial charge in [0.05, 0.1) is 10.6 Å². The van der Waals surface area contributed by atoms with Crippen LogP contribution in [0.4, 0.5) is 0 Å². The van der Waals surface area contributed by atoms with Gasteiger partial charge >= 0.3 is 0 Å². The van der Waals surface area contributed by atoms with Gasteiger partial charge in [0.2, 0.25) is 5.43 Å². The van der Waals surface area contributed by atoms with Crippen molar-refractivity contribution in [3.05, 3.63) is 99.5 Å². The maximum atomic E-state index is 13.5. The molecule has 6 rings (SSSR count). The van der Waals surface area contributed by atoms with Crippen molar-refractivity contribution in [3.63, 3.8) is 0 Å². The lowest BCUT2D eigenvalue weighted by atomic mass is 9.93. The first-order valence-corrected chi connectivity index (χ1v) is 12.7. The largest absolute Gasteiger partial charge is 0.502 e. The van der Waals surface area contributed by atoms with Crippen molar-refractivity contribution in [2.75, 3.05) is 24.8 Å². The van der Waals surface area contributed by atoms with Gasteiger partial charge in [0.15, 0.2) is 21.3 Å². The first-order chi connectivity index (χ1) is 16.9. The summed E-state index contributed by atoms with van der Waals surface area (Å²) in [4.78, 5) is 27.3. The van der Waals surface area contributed by atoms with Crippen LogP contribution in [0.3, 0.4) is 0 Å². The second-order valence-corrected chi connectivity index (χ2v) is 10.6. The van der Waals surface area contributed by atoms with Gasteiger partial charge in [0.1, 0.15) is 25.1 Å². The summed E-state index contributed by atoms with van der Waals surface area (Å²) in [6, 6.07) is 12.6. The first-order valence-electron chi connectivity index (χ1n) is 11.1. The number of amides is 1. The Morgan fingerprint density at radius 2 is 1.83 bits per heavy atom. The van der Waals surface area contributed by atoms with Gasteiger partial charge in [0.25, 0.3) is 5.91 Å². The van der Waals surface area contributed by atoms with Crippen LogP contribution in [0.2, 0.25) is 0 Å². The van der Waals surface area contributed by atoms with Gasteiger partial charge < -0.3 is 14.7 Å². The third-order valence-corrected chi connectivity index (χ3v) is 8.32. The third-order valence-electron chi connectivity index (χ3n) is 6.59. The molecule has 0 aliphatic carbocycles. The molecule has 3 aromatic rings. The van der Waals surface area contributed by atoms with E-state index in [1.807, 2.05) is 0 Å². The number of nitrogens with zero attached hydrogens (tertiary/aromatic N) is 3. The number of benzene rings is 2. The van der Waals surface area contributed by atoms with Crippen LogP contribution in [0.5, 0.6) is 11.5 Å². The molecule has 0 unspecified atom stereocenters. The maximum absolute atomic E-state index is 13.5. The van der Waals surface area contributed by atoms with Gasteiger partial charge in [-0.25, -0.2) is 8.42 Å². The minimum Gasteiger partial charge on any atom is -0.502 e. The number of aromatic hydroxyl groups is 1. The van der Waals surface area contributed by atoms with Gasteiger partial charge in [-0.1, -0.05) is 36.4 Å². The van der Waals surface area contributed by atoms with E-state index in [0.29, 0.717) is 22.4 Å². The van der Waals surface area contributed by atoms with Crippen molar-refractivity contribution in [1.82, 2.24) is 9.58 Å².